The molecule has 0 saturated carbocycles. The fraction of sp³-hybridized carbons (Fsp3) is 0.800. The number of unbranched alkanes of at least 4 members (excludes halogenated alkanes) is 1. The fourth-order valence-electron chi connectivity index (χ4n) is 4.71. The van der Waals surface area contributed by atoms with E-state index in [9.17, 15) is 19.2 Å². The Kier molecular flexibility index (Phi) is 10.0. The van der Waals surface area contributed by atoms with Crippen molar-refractivity contribution in [2.75, 3.05) is 11.5 Å². The minimum absolute atomic E-state index is 0.0640. The Morgan fingerprint density at radius 2 is 1.49 bits per heavy atom. The van der Waals surface area contributed by atoms with Gasteiger partial charge in [-0.3, -0.25) is 9.59 Å². The molecule has 4 rings (SSSR count). The molecule has 1 unspecified atom stereocenters. The van der Waals surface area contributed by atoms with Gasteiger partial charge in [-0.15, -0.1) is 0 Å². The highest BCUT2D eigenvalue weighted by atomic mass is 32.2. The zero-order chi connectivity index (χ0) is 25.4. The van der Waals surface area contributed by atoms with Crippen molar-refractivity contribution >= 4 is 47.5 Å². The molecule has 0 aliphatic carbocycles. The van der Waals surface area contributed by atoms with Gasteiger partial charge in [-0.1, -0.05) is 18.0 Å². The van der Waals surface area contributed by atoms with Gasteiger partial charge in [0, 0.05) is 33.3 Å². The lowest BCUT2D eigenvalue weighted by atomic mass is 10.0. The number of amides is 4. The molecule has 0 aromatic rings. The molecule has 13 nitrogen and oxygen atoms in total. The van der Waals surface area contributed by atoms with Crippen molar-refractivity contribution in [1.29, 1.82) is 0 Å². The van der Waals surface area contributed by atoms with Gasteiger partial charge in [-0.25, -0.2) is 9.59 Å². The Labute approximate surface area is 210 Å². The van der Waals surface area contributed by atoms with Crippen LogP contribution >= 0.6 is 23.5 Å². The number of rotatable bonds is 11. The molecule has 0 aromatic heterocycles. The molecule has 15 heteroatoms. The van der Waals surface area contributed by atoms with Gasteiger partial charge in [0.15, 0.2) is 0 Å². The minimum atomic E-state index is -1.09. The third kappa shape index (κ3) is 7.74. The van der Waals surface area contributed by atoms with Crippen molar-refractivity contribution in [3.8, 4) is 0 Å². The van der Waals surface area contributed by atoms with Crippen LogP contribution in [0.2, 0.25) is 0 Å². The standard InChI is InChI=1S/C10H15N5O3S.C10H16N2O3S/c11-15-14-5(9(16)17)2-1-3-7-8-6(4-19-7)12-10(18)13-8;13-8(14)4-2-1-3-7-9-6(5-16-7)11-10(15)12-9/h5-8H,1-4H2,(H,16,17)(H2,12,13,18);6-7,9H,1-5H2,(H,13,14)(H2,11,12,15)/t5?,6-,7-,8-;6-,7-,9-/m00/s1. The SMILES string of the molecule is O=C(O)CCCC[C@@H]1SC[C@@H]2NC(=O)N[C@@H]21.[N-]=[N+]=NC(CCC[C@@H]1SC[C@@H]2NC(=O)N[C@@H]21)C(=O)O. The minimum Gasteiger partial charge on any atom is -0.481 e. The number of aliphatic carboxylic acids is 2. The van der Waals surface area contributed by atoms with E-state index < -0.39 is 18.0 Å². The Bertz CT molecular complexity index is 856. The molecule has 7 atom stereocenters. The largest absolute Gasteiger partial charge is 0.481 e. The number of carboxylic acid groups (broad SMARTS) is 2. The van der Waals surface area contributed by atoms with Gasteiger partial charge >= 0.3 is 24.0 Å². The summed E-state index contributed by atoms with van der Waals surface area (Å²) in [4.78, 5) is 46.0. The van der Waals surface area contributed by atoms with Crippen LogP contribution in [-0.4, -0.2) is 86.4 Å². The third-order valence-electron chi connectivity index (χ3n) is 6.45. The van der Waals surface area contributed by atoms with E-state index in [2.05, 4.69) is 31.3 Å². The molecule has 0 aromatic carbocycles. The van der Waals surface area contributed by atoms with Crippen LogP contribution in [0.4, 0.5) is 9.59 Å². The van der Waals surface area contributed by atoms with E-state index in [1.807, 2.05) is 11.8 Å². The van der Waals surface area contributed by atoms with Gasteiger partial charge in [-0.2, -0.15) is 23.5 Å². The summed E-state index contributed by atoms with van der Waals surface area (Å²) in [5.41, 5.74) is 8.28. The number of carboxylic acids is 2. The second-order valence-electron chi connectivity index (χ2n) is 8.87. The van der Waals surface area contributed by atoms with Gasteiger partial charge in [0.25, 0.3) is 0 Å². The molecule has 0 bridgehead atoms. The molecule has 4 saturated heterocycles. The van der Waals surface area contributed by atoms with Crippen molar-refractivity contribution < 1.29 is 29.4 Å². The fourth-order valence-corrected chi connectivity index (χ4v) is 7.80. The predicted molar refractivity (Wildman–Crippen MR) is 132 cm³/mol. The van der Waals surface area contributed by atoms with Gasteiger partial charge < -0.3 is 31.5 Å². The molecule has 0 spiro atoms. The number of fused-ring (bicyclic) bond motifs is 2. The highest BCUT2D eigenvalue weighted by molar-refractivity contribution is 8.00. The molecule has 4 heterocycles. The Morgan fingerprint density at radius 3 is 1.97 bits per heavy atom. The summed E-state index contributed by atoms with van der Waals surface area (Å²) in [6.07, 6.45) is 4.67. The normalized spacial score (nSPS) is 30.9. The summed E-state index contributed by atoms with van der Waals surface area (Å²) in [6.45, 7) is 0. The Balaban J connectivity index is 0.000000198. The lowest BCUT2D eigenvalue weighted by molar-refractivity contribution is -0.139. The maximum atomic E-state index is 11.2. The van der Waals surface area contributed by atoms with Gasteiger partial charge in [0.2, 0.25) is 0 Å². The van der Waals surface area contributed by atoms with Gasteiger partial charge in [-0.05, 0) is 31.2 Å². The smallest absolute Gasteiger partial charge is 0.315 e. The van der Waals surface area contributed by atoms with E-state index in [1.54, 1.807) is 11.8 Å². The molecule has 4 aliphatic rings. The van der Waals surface area contributed by atoms with Crippen molar-refractivity contribution in [1.82, 2.24) is 21.3 Å². The monoisotopic (exact) mass is 529 g/mol. The second kappa shape index (κ2) is 13.0. The number of carbonyl (C=O) groups excluding carboxylic acids is 2. The zero-order valence-electron chi connectivity index (χ0n) is 19.1. The molecule has 194 valence electrons. The summed E-state index contributed by atoms with van der Waals surface area (Å²) >= 11 is 3.65. The van der Waals surface area contributed by atoms with Crippen LogP contribution in [0.3, 0.4) is 0 Å². The predicted octanol–water partition coefficient (Wildman–Crippen LogP) is 1.88. The topological polar surface area (TPSA) is 206 Å². The van der Waals surface area contributed by atoms with Crippen molar-refractivity contribution in [3.63, 3.8) is 0 Å². The summed E-state index contributed by atoms with van der Waals surface area (Å²) in [5.74, 6) is 0.0261. The highest BCUT2D eigenvalue weighted by Gasteiger charge is 2.43. The molecular weight excluding hydrogens is 498 g/mol. The number of thioether (sulfide) groups is 2. The molecular formula is C20H31N7O6S2. The van der Waals surface area contributed by atoms with E-state index in [0.717, 1.165) is 37.2 Å². The third-order valence-corrected chi connectivity index (χ3v) is 9.47. The number of carbonyl (C=O) groups is 4. The average Bonchev–Trinajstić information content (AvgIpc) is 3.53. The zero-order valence-corrected chi connectivity index (χ0v) is 20.7. The number of nitrogens with one attached hydrogen (secondary N) is 4. The Hall–Kier alpha value is -2.51. The van der Waals surface area contributed by atoms with Crippen LogP contribution in [0.15, 0.2) is 5.11 Å². The average molecular weight is 530 g/mol. The second-order valence-corrected chi connectivity index (χ2v) is 11.4. The number of azide groups is 1. The van der Waals surface area contributed by atoms with Crippen LogP contribution in [0.25, 0.3) is 10.4 Å². The van der Waals surface area contributed by atoms with Crippen molar-refractivity contribution in [3.05, 3.63) is 10.4 Å². The number of hydrogen-bond donors (Lipinski definition) is 6. The Morgan fingerprint density at radius 1 is 0.943 bits per heavy atom. The number of hydrogen-bond acceptors (Lipinski definition) is 7. The van der Waals surface area contributed by atoms with Gasteiger partial charge in [0.05, 0.1) is 24.2 Å². The first-order valence-corrected chi connectivity index (χ1v) is 13.7. The van der Waals surface area contributed by atoms with Crippen LogP contribution in [0.5, 0.6) is 0 Å². The maximum Gasteiger partial charge on any atom is 0.315 e. The van der Waals surface area contributed by atoms with Crippen LogP contribution in [0, 0.1) is 0 Å². The molecule has 35 heavy (non-hydrogen) atoms. The number of urea groups is 2. The van der Waals surface area contributed by atoms with Crippen LogP contribution < -0.4 is 21.3 Å². The van der Waals surface area contributed by atoms with E-state index in [4.69, 9.17) is 15.7 Å². The highest BCUT2D eigenvalue weighted by Crippen LogP contribution is 2.34. The first-order chi connectivity index (χ1) is 16.8. The van der Waals surface area contributed by atoms with Crippen molar-refractivity contribution in [2.45, 2.75) is 85.7 Å². The van der Waals surface area contributed by atoms with E-state index >= 15 is 0 Å². The molecule has 6 N–H and O–H groups in total. The summed E-state index contributed by atoms with van der Waals surface area (Å²) < 4.78 is 0. The van der Waals surface area contributed by atoms with E-state index in [0.29, 0.717) is 23.3 Å². The summed E-state index contributed by atoms with van der Waals surface area (Å²) in [7, 11) is 0. The molecule has 0 radical (unpaired) electrons. The first-order valence-electron chi connectivity index (χ1n) is 11.6. The first kappa shape index (κ1) is 27.1. The van der Waals surface area contributed by atoms with Crippen LogP contribution in [-0.2, 0) is 9.59 Å². The number of nitrogens with zero attached hydrogens (tertiary/aromatic N) is 3. The molecule has 4 fully saturated rings. The lowest BCUT2D eigenvalue weighted by Gasteiger charge is -2.16. The lowest BCUT2D eigenvalue weighted by Crippen LogP contribution is -2.36. The van der Waals surface area contributed by atoms with E-state index in [-0.39, 0.29) is 42.7 Å². The van der Waals surface area contributed by atoms with Crippen LogP contribution in [0.1, 0.15) is 44.9 Å². The summed E-state index contributed by atoms with van der Waals surface area (Å²) in [6, 6.07) is -0.383. The molecule has 4 amide bonds. The summed E-state index contributed by atoms with van der Waals surface area (Å²) in [5, 5.41) is 32.9. The van der Waals surface area contributed by atoms with Gasteiger partial charge in [0.1, 0.15) is 6.04 Å². The molecule has 4 aliphatic heterocycles. The van der Waals surface area contributed by atoms with E-state index in [1.165, 1.54) is 0 Å². The maximum absolute atomic E-state index is 11.2. The quantitative estimate of drug-likeness (QED) is 0.0764. The van der Waals surface area contributed by atoms with Crippen molar-refractivity contribution in [2.24, 2.45) is 5.11 Å².